The molecule has 2 N–H and O–H groups in total. The first kappa shape index (κ1) is 16.5. The van der Waals surface area contributed by atoms with E-state index in [4.69, 9.17) is 0 Å². The number of carbonyl (C=O) groups excluding carboxylic acids is 2. The third kappa shape index (κ3) is 4.52. The number of carbonyl (C=O) groups is 2. The summed E-state index contributed by atoms with van der Waals surface area (Å²) in [5.74, 6) is -1.18. The highest BCUT2D eigenvalue weighted by atomic mass is 79.9. The lowest BCUT2D eigenvalue weighted by Gasteiger charge is -2.13. The van der Waals surface area contributed by atoms with Crippen molar-refractivity contribution in [2.45, 2.75) is 12.6 Å². The lowest BCUT2D eigenvalue weighted by atomic mass is 10.1. The Bertz CT molecular complexity index is 518. The molecule has 0 aliphatic carbocycles. The van der Waals surface area contributed by atoms with Gasteiger partial charge in [0.2, 0.25) is 5.91 Å². The van der Waals surface area contributed by atoms with Crippen LogP contribution in [0.4, 0.5) is 13.2 Å². The molecule has 0 aromatic heterocycles. The molecule has 0 heterocycles. The number of halogens is 4. The molecule has 8 heteroatoms. The van der Waals surface area contributed by atoms with E-state index in [1.165, 1.54) is 13.1 Å². The average Bonchev–Trinajstić information content (AvgIpc) is 2.37. The first-order valence-electron chi connectivity index (χ1n) is 5.61. The monoisotopic (exact) mass is 352 g/mol. The molecule has 0 atom stereocenters. The predicted octanol–water partition coefficient (Wildman–Crippen LogP) is 2.33. The summed E-state index contributed by atoms with van der Waals surface area (Å²) in [5, 5.41) is 4.63. The lowest BCUT2D eigenvalue weighted by molar-refractivity contribution is -0.138. The maximum Gasteiger partial charge on any atom is 0.417 e. The van der Waals surface area contributed by atoms with Gasteiger partial charge in [-0.1, -0.05) is 15.9 Å². The van der Waals surface area contributed by atoms with Gasteiger partial charge in [0.1, 0.15) is 0 Å². The van der Waals surface area contributed by atoms with E-state index in [2.05, 4.69) is 26.6 Å². The van der Waals surface area contributed by atoms with E-state index < -0.39 is 23.2 Å². The van der Waals surface area contributed by atoms with Gasteiger partial charge in [0.25, 0.3) is 5.91 Å². The van der Waals surface area contributed by atoms with Crippen LogP contribution in [0.1, 0.15) is 22.3 Å². The quantitative estimate of drug-likeness (QED) is 0.873. The van der Waals surface area contributed by atoms with Crippen molar-refractivity contribution in [2.24, 2.45) is 0 Å². The van der Waals surface area contributed by atoms with E-state index >= 15 is 0 Å². The van der Waals surface area contributed by atoms with Gasteiger partial charge >= 0.3 is 6.18 Å². The fourth-order valence-electron chi connectivity index (χ4n) is 1.46. The zero-order valence-corrected chi connectivity index (χ0v) is 12.1. The molecule has 0 aliphatic rings. The maximum absolute atomic E-state index is 12.8. The van der Waals surface area contributed by atoms with E-state index in [-0.39, 0.29) is 23.3 Å². The van der Waals surface area contributed by atoms with E-state index in [1.54, 1.807) is 0 Å². The summed E-state index contributed by atoms with van der Waals surface area (Å²) >= 11 is 2.93. The highest BCUT2D eigenvalue weighted by Crippen LogP contribution is 2.33. The summed E-state index contributed by atoms with van der Waals surface area (Å²) in [6.07, 6.45) is -4.63. The third-order valence-corrected chi connectivity index (χ3v) is 2.94. The van der Waals surface area contributed by atoms with Gasteiger partial charge in [-0.05, 0) is 18.2 Å². The second-order valence-electron chi connectivity index (χ2n) is 3.87. The van der Waals surface area contributed by atoms with Gasteiger partial charge in [-0.15, -0.1) is 0 Å². The summed E-state index contributed by atoms with van der Waals surface area (Å²) in [5.41, 5.74) is -1.50. The van der Waals surface area contributed by atoms with E-state index in [1.807, 2.05) is 0 Å². The highest BCUT2D eigenvalue weighted by Gasteiger charge is 2.35. The minimum atomic E-state index is -4.63. The minimum Gasteiger partial charge on any atom is -0.359 e. The summed E-state index contributed by atoms with van der Waals surface area (Å²) in [6.45, 7) is -0.0358. The van der Waals surface area contributed by atoms with Crippen LogP contribution in [0.5, 0.6) is 0 Å². The van der Waals surface area contributed by atoms with Crippen LogP contribution >= 0.6 is 15.9 Å². The van der Waals surface area contributed by atoms with Crippen molar-refractivity contribution in [2.75, 3.05) is 13.6 Å². The number of rotatable bonds is 4. The molecule has 0 unspecified atom stereocenters. The SMILES string of the molecule is CNC(=O)CCNC(=O)c1ccc(Br)cc1C(F)(F)F. The van der Waals surface area contributed by atoms with Crippen LogP contribution in [-0.4, -0.2) is 25.4 Å². The van der Waals surface area contributed by atoms with E-state index in [0.717, 1.165) is 12.1 Å². The van der Waals surface area contributed by atoms with Gasteiger partial charge in [0.15, 0.2) is 0 Å². The largest absolute Gasteiger partial charge is 0.417 e. The van der Waals surface area contributed by atoms with E-state index in [0.29, 0.717) is 0 Å². The lowest BCUT2D eigenvalue weighted by Crippen LogP contribution is -2.30. The molecule has 0 radical (unpaired) electrons. The standard InChI is InChI=1S/C12H12BrF3N2O2/c1-17-10(19)4-5-18-11(20)8-3-2-7(13)6-9(8)12(14,15)16/h2-3,6H,4-5H2,1H3,(H,17,19)(H,18,20). The number of alkyl halides is 3. The Balaban J connectivity index is 2.85. The fourth-order valence-corrected chi connectivity index (χ4v) is 1.82. The van der Waals surface area contributed by atoms with Gasteiger partial charge in [-0.2, -0.15) is 13.2 Å². The van der Waals surface area contributed by atoms with Gasteiger partial charge in [-0.3, -0.25) is 9.59 Å². The second kappa shape index (κ2) is 6.74. The number of nitrogens with one attached hydrogen (secondary N) is 2. The maximum atomic E-state index is 12.8. The van der Waals surface area contributed by atoms with E-state index in [9.17, 15) is 22.8 Å². The molecule has 20 heavy (non-hydrogen) atoms. The molecule has 4 nitrogen and oxygen atoms in total. The normalized spacial score (nSPS) is 11.1. The molecular formula is C12H12BrF3N2O2. The van der Waals surface area contributed by atoms with Crippen LogP contribution in [0, 0.1) is 0 Å². The smallest absolute Gasteiger partial charge is 0.359 e. The summed E-state index contributed by atoms with van der Waals surface area (Å²) in [4.78, 5) is 22.7. The molecule has 1 aromatic rings. The number of amides is 2. The van der Waals surface area contributed by atoms with Crippen molar-refractivity contribution in [3.63, 3.8) is 0 Å². The number of hydrogen-bond donors (Lipinski definition) is 2. The zero-order chi connectivity index (χ0) is 15.3. The first-order valence-corrected chi connectivity index (χ1v) is 6.40. The van der Waals surface area contributed by atoms with Crippen LogP contribution in [0.15, 0.2) is 22.7 Å². The van der Waals surface area contributed by atoms with Crippen molar-refractivity contribution in [3.8, 4) is 0 Å². The van der Waals surface area contributed by atoms with Crippen molar-refractivity contribution >= 4 is 27.7 Å². The minimum absolute atomic E-state index is 0.000118. The van der Waals surface area contributed by atoms with Crippen LogP contribution in [-0.2, 0) is 11.0 Å². The van der Waals surface area contributed by atoms with Crippen molar-refractivity contribution in [1.29, 1.82) is 0 Å². The van der Waals surface area contributed by atoms with Crippen LogP contribution < -0.4 is 10.6 Å². The molecule has 110 valence electrons. The molecule has 0 saturated carbocycles. The topological polar surface area (TPSA) is 58.2 Å². The van der Waals surface area contributed by atoms with Crippen LogP contribution in [0.2, 0.25) is 0 Å². The van der Waals surface area contributed by atoms with Gasteiger partial charge in [-0.25, -0.2) is 0 Å². The third-order valence-electron chi connectivity index (χ3n) is 2.45. The summed E-state index contributed by atoms with van der Waals surface area (Å²) in [7, 11) is 1.43. The zero-order valence-electron chi connectivity index (χ0n) is 10.5. The molecule has 0 fully saturated rings. The van der Waals surface area contributed by atoms with Crippen molar-refractivity contribution < 1.29 is 22.8 Å². The van der Waals surface area contributed by atoms with Crippen molar-refractivity contribution in [3.05, 3.63) is 33.8 Å². The van der Waals surface area contributed by atoms with Gasteiger partial charge in [0, 0.05) is 24.5 Å². The Labute approximate surface area is 121 Å². The highest BCUT2D eigenvalue weighted by molar-refractivity contribution is 9.10. The average molecular weight is 353 g/mol. The number of hydrogen-bond acceptors (Lipinski definition) is 2. The molecule has 0 spiro atoms. The molecule has 2 amide bonds. The van der Waals surface area contributed by atoms with Crippen LogP contribution in [0.3, 0.4) is 0 Å². The van der Waals surface area contributed by atoms with Gasteiger partial charge in [0.05, 0.1) is 11.1 Å². The van der Waals surface area contributed by atoms with Crippen molar-refractivity contribution in [1.82, 2.24) is 10.6 Å². The molecule has 1 rings (SSSR count). The summed E-state index contributed by atoms with van der Waals surface area (Å²) < 4.78 is 38.7. The predicted molar refractivity (Wildman–Crippen MR) is 70.2 cm³/mol. The Morgan fingerprint density at radius 2 is 1.95 bits per heavy atom. The Kier molecular flexibility index (Phi) is 5.55. The first-order chi connectivity index (χ1) is 9.25. The molecular weight excluding hydrogens is 341 g/mol. The van der Waals surface area contributed by atoms with Gasteiger partial charge < -0.3 is 10.6 Å². The fraction of sp³-hybridized carbons (Fsp3) is 0.333. The Morgan fingerprint density at radius 3 is 2.50 bits per heavy atom. The van der Waals surface area contributed by atoms with Crippen LogP contribution in [0.25, 0.3) is 0 Å². The molecule has 1 aromatic carbocycles. The molecule has 0 saturated heterocycles. The molecule has 0 aliphatic heterocycles. The Morgan fingerprint density at radius 1 is 1.30 bits per heavy atom. The Hall–Kier alpha value is -1.57. The number of benzene rings is 1. The molecule has 0 bridgehead atoms. The second-order valence-corrected chi connectivity index (χ2v) is 4.78. The summed E-state index contributed by atoms with van der Waals surface area (Å²) in [6, 6.07) is 3.28.